The van der Waals surface area contributed by atoms with E-state index < -0.39 is 0 Å². The first kappa shape index (κ1) is 19.6. The number of carbonyl (C=O) groups excluding carboxylic acids is 1. The molecule has 0 aliphatic carbocycles. The van der Waals surface area contributed by atoms with Gasteiger partial charge in [-0.1, -0.05) is 48.5 Å². The summed E-state index contributed by atoms with van der Waals surface area (Å²) in [5.41, 5.74) is 4.55. The van der Waals surface area contributed by atoms with Crippen molar-refractivity contribution in [3.05, 3.63) is 90.1 Å². The highest BCUT2D eigenvalue weighted by Gasteiger charge is 2.20. The molecule has 0 unspecified atom stereocenters. The molecule has 0 spiro atoms. The Bertz CT molecular complexity index is 1400. The average Bonchev–Trinajstić information content (AvgIpc) is 3.42. The molecular weight excluding hydrogens is 402 g/mol. The van der Waals surface area contributed by atoms with Gasteiger partial charge in [-0.25, -0.2) is 4.98 Å². The van der Waals surface area contributed by atoms with E-state index in [1.165, 1.54) is 0 Å². The maximum atomic E-state index is 13.3. The average molecular weight is 423 g/mol. The summed E-state index contributed by atoms with van der Waals surface area (Å²) in [6, 6.07) is 21.4. The van der Waals surface area contributed by atoms with Crippen molar-refractivity contribution in [1.82, 2.24) is 34.8 Å². The minimum absolute atomic E-state index is 0.215. The molecule has 0 fully saturated rings. The number of amides is 1. The molecule has 1 amide bonds. The Balaban J connectivity index is 1.50. The first-order valence-corrected chi connectivity index (χ1v) is 10.2. The van der Waals surface area contributed by atoms with Crippen molar-refractivity contribution >= 4 is 16.9 Å². The van der Waals surface area contributed by atoms with Crippen LogP contribution in [0.15, 0.2) is 73.1 Å². The van der Waals surface area contributed by atoms with Crippen molar-refractivity contribution in [2.24, 2.45) is 7.05 Å². The summed E-state index contributed by atoms with van der Waals surface area (Å²) in [6.45, 7) is 2.12. The third-order valence-electron chi connectivity index (χ3n) is 5.34. The molecule has 3 aromatic heterocycles. The topological polar surface area (TPSA) is 90.5 Å². The number of aromatic nitrogens is 6. The molecule has 158 valence electrons. The van der Waals surface area contributed by atoms with Crippen molar-refractivity contribution in [2.75, 3.05) is 0 Å². The normalized spacial score (nSPS) is 11.1. The Kier molecular flexibility index (Phi) is 4.95. The van der Waals surface area contributed by atoms with Gasteiger partial charge in [-0.2, -0.15) is 5.10 Å². The van der Waals surface area contributed by atoms with Gasteiger partial charge in [0.2, 0.25) is 0 Å². The lowest BCUT2D eigenvalue weighted by atomic mass is 10.0. The quantitative estimate of drug-likeness (QED) is 0.468. The van der Waals surface area contributed by atoms with Gasteiger partial charge in [-0.05, 0) is 25.1 Å². The van der Waals surface area contributed by atoms with Gasteiger partial charge in [-0.15, -0.1) is 10.2 Å². The fourth-order valence-corrected chi connectivity index (χ4v) is 3.82. The number of nitrogens with zero attached hydrogens (tertiary/aromatic N) is 6. The Morgan fingerprint density at radius 2 is 1.75 bits per heavy atom. The smallest absolute Gasteiger partial charge is 0.252 e. The second kappa shape index (κ2) is 8.07. The lowest BCUT2D eigenvalue weighted by molar-refractivity contribution is 0.0951. The molecule has 0 radical (unpaired) electrons. The van der Waals surface area contributed by atoms with Crippen molar-refractivity contribution in [1.29, 1.82) is 0 Å². The Morgan fingerprint density at radius 1 is 1.03 bits per heavy atom. The van der Waals surface area contributed by atoms with Crippen molar-refractivity contribution in [3.63, 3.8) is 0 Å². The minimum atomic E-state index is -0.215. The van der Waals surface area contributed by atoms with Gasteiger partial charge >= 0.3 is 0 Å². The fourth-order valence-electron chi connectivity index (χ4n) is 3.82. The summed E-state index contributed by atoms with van der Waals surface area (Å²) in [4.78, 5) is 18.1. The molecular formula is C24H21N7O. The highest BCUT2D eigenvalue weighted by Crippen LogP contribution is 2.26. The van der Waals surface area contributed by atoms with Crippen molar-refractivity contribution in [2.45, 2.75) is 13.5 Å². The number of rotatable bonds is 5. The van der Waals surface area contributed by atoms with Gasteiger partial charge in [0.05, 0.1) is 28.9 Å². The fraction of sp³-hybridized carbons (Fsp3) is 0.125. The maximum absolute atomic E-state index is 13.3. The van der Waals surface area contributed by atoms with Crippen LogP contribution in [0, 0.1) is 6.92 Å². The summed E-state index contributed by atoms with van der Waals surface area (Å²) < 4.78 is 3.56. The third kappa shape index (κ3) is 3.51. The van der Waals surface area contributed by atoms with E-state index in [1.807, 2.05) is 85.3 Å². The van der Waals surface area contributed by atoms with E-state index in [9.17, 15) is 4.79 Å². The third-order valence-corrected chi connectivity index (χ3v) is 5.34. The number of fused-ring (bicyclic) bond motifs is 1. The molecule has 0 saturated heterocycles. The predicted molar refractivity (Wildman–Crippen MR) is 121 cm³/mol. The van der Waals surface area contributed by atoms with Crippen LogP contribution in [0.25, 0.3) is 28.0 Å². The van der Waals surface area contributed by atoms with Crippen LogP contribution in [-0.4, -0.2) is 35.4 Å². The largest absolute Gasteiger partial charge is 0.345 e. The number of nitrogens with one attached hydrogen (secondary N) is 1. The van der Waals surface area contributed by atoms with E-state index in [2.05, 4.69) is 20.6 Å². The van der Waals surface area contributed by atoms with Crippen LogP contribution in [0.3, 0.4) is 0 Å². The van der Waals surface area contributed by atoms with Crippen LogP contribution < -0.4 is 5.32 Å². The van der Waals surface area contributed by atoms with E-state index in [0.717, 1.165) is 28.0 Å². The lowest BCUT2D eigenvalue weighted by Gasteiger charge is -2.10. The van der Waals surface area contributed by atoms with Crippen LogP contribution in [0.4, 0.5) is 0 Å². The van der Waals surface area contributed by atoms with Gasteiger partial charge in [0.15, 0.2) is 11.5 Å². The summed E-state index contributed by atoms with van der Waals surface area (Å²) in [7, 11) is 1.83. The second-order valence-corrected chi connectivity index (χ2v) is 7.46. The molecule has 5 aromatic rings. The van der Waals surface area contributed by atoms with Crippen molar-refractivity contribution < 1.29 is 4.79 Å². The minimum Gasteiger partial charge on any atom is -0.345 e. The van der Waals surface area contributed by atoms with Crippen LogP contribution in [0.5, 0.6) is 0 Å². The maximum Gasteiger partial charge on any atom is 0.252 e. The second-order valence-electron chi connectivity index (χ2n) is 7.46. The zero-order chi connectivity index (χ0) is 22.1. The molecule has 3 heterocycles. The summed E-state index contributed by atoms with van der Waals surface area (Å²) in [5, 5.41) is 16.4. The predicted octanol–water partition coefficient (Wildman–Crippen LogP) is 3.45. The summed E-state index contributed by atoms with van der Waals surface area (Å²) in [6.07, 6.45) is 1.64. The zero-order valence-corrected chi connectivity index (χ0v) is 17.7. The number of hydrogen-bond acceptors (Lipinski definition) is 5. The van der Waals surface area contributed by atoms with Crippen LogP contribution in [-0.2, 0) is 13.6 Å². The summed E-state index contributed by atoms with van der Waals surface area (Å²) >= 11 is 0. The standard InChI is InChI=1S/C24H21N7O/c1-16-22-19(13-20(17-9-5-3-6-10-17)27-23(22)30(2)29-16)24(32)25-14-21-28-26-15-31(21)18-11-7-4-8-12-18/h3-13,15H,14H2,1-2H3,(H,25,32). The van der Waals surface area contributed by atoms with E-state index in [-0.39, 0.29) is 12.5 Å². The molecule has 1 N–H and O–H groups in total. The van der Waals surface area contributed by atoms with Crippen LogP contribution in [0.2, 0.25) is 0 Å². The molecule has 0 saturated carbocycles. The molecule has 0 aliphatic rings. The Labute approximate surface area is 184 Å². The number of para-hydroxylation sites is 1. The Hall–Kier alpha value is -4.33. The number of benzene rings is 2. The van der Waals surface area contributed by atoms with Crippen LogP contribution in [0.1, 0.15) is 21.9 Å². The van der Waals surface area contributed by atoms with Gasteiger partial charge < -0.3 is 5.32 Å². The molecule has 0 atom stereocenters. The molecule has 8 heteroatoms. The molecule has 5 rings (SSSR count). The van der Waals surface area contributed by atoms with Gasteiger partial charge in [0, 0.05) is 18.3 Å². The highest BCUT2D eigenvalue weighted by atomic mass is 16.1. The van der Waals surface area contributed by atoms with E-state index >= 15 is 0 Å². The number of hydrogen-bond donors (Lipinski definition) is 1. The monoisotopic (exact) mass is 423 g/mol. The van der Waals surface area contributed by atoms with Crippen LogP contribution >= 0.6 is 0 Å². The first-order chi connectivity index (χ1) is 15.6. The van der Waals surface area contributed by atoms with Gasteiger partial charge in [0.25, 0.3) is 5.91 Å². The molecule has 32 heavy (non-hydrogen) atoms. The van der Waals surface area contributed by atoms with Gasteiger partial charge in [-0.3, -0.25) is 14.0 Å². The summed E-state index contributed by atoms with van der Waals surface area (Å²) in [5.74, 6) is 0.425. The molecule has 0 bridgehead atoms. The zero-order valence-electron chi connectivity index (χ0n) is 17.7. The molecule has 8 nitrogen and oxygen atoms in total. The van der Waals surface area contributed by atoms with E-state index in [0.29, 0.717) is 17.0 Å². The number of aryl methyl sites for hydroxylation is 2. The van der Waals surface area contributed by atoms with E-state index in [4.69, 9.17) is 4.98 Å². The first-order valence-electron chi connectivity index (χ1n) is 10.2. The molecule has 2 aromatic carbocycles. The number of pyridine rings is 1. The van der Waals surface area contributed by atoms with Gasteiger partial charge in [0.1, 0.15) is 6.33 Å². The van der Waals surface area contributed by atoms with Crippen molar-refractivity contribution in [3.8, 4) is 16.9 Å². The Morgan fingerprint density at radius 3 is 2.50 bits per heavy atom. The SMILES string of the molecule is Cc1nn(C)c2nc(-c3ccccc3)cc(C(=O)NCc3nncn3-c3ccccc3)c12. The van der Waals surface area contributed by atoms with E-state index in [1.54, 1.807) is 11.0 Å². The molecule has 0 aliphatic heterocycles. The highest BCUT2D eigenvalue weighted by molar-refractivity contribution is 6.07. The lowest BCUT2D eigenvalue weighted by Crippen LogP contribution is -2.25. The number of carbonyl (C=O) groups is 1.